The van der Waals surface area contributed by atoms with Gasteiger partial charge in [-0.3, -0.25) is 9.59 Å². The molecule has 0 saturated carbocycles. The molecule has 2 amide bonds. The van der Waals surface area contributed by atoms with Gasteiger partial charge in [0.15, 0.2) is 0 Å². The van der Waals surface area contributed by atoms with E-state index in [4.69, 9.17) is 5.73 Å². The van der Waals surface area contributed by atoms with E-state index >= 15 is 0 Å². The molecule has 3 rings (SSSR count). The maximum absolute atomic E-state index is 13.5. The third-order valence-corrected chi connectivity index (χ3v) is 5.44. The normalized spacial score (nSPS) is 13.3. The fourth-order valence-corrected chi connectivity index (χ4v) is 4.35. The lowest BCUT2D eigenvalue weighted by Gasteiger charge is -2.11. The van der Waals surface area contributed by atoms with Crippen LogP contribution in [0.4, 0.5) is 9.39 Å². The third-order valence-electron chi connectivity index (χ3n) is 4.23. The van der Waals surface area contributed by atoms with Gasteiger partial charge in [-0.05, 0) is 37.3 Å². The number of rotatable bonds is 6. The fourth-order valence-electron chi connectivity index (χ4n) is 3.04. The number of fused-ring (bicyclic) bond motifs is 1. The van der Waals surface area contributed by atoms with E-state index in [0.717, 1.165) is 36.1 Å². The van der Waals surface area contributed by atoms with E-state index < -0.39 is 5.91 Å². The predicted molar refractivity (Wildman–Crippen MR) is 96.2 cm³/mol. The van der Waals surface area contributed by atoms with E-state index in [1.807, 2.05) is 0 Å². The number of aryl methyl sites for hydroxylation is 1. The van der Waals surface area contributed by atoms with Gasteiger partial charge in [0.05, 0.1) is 12.1 Å². The number of benzene rings is 1. The van der Waals surface area contributed by atoms with Crippen molar-refractivity contribution in [3.63, 3.8) is 0 Å². The molecule has 1 aliphatic carbocycles. The van der Waals surface area contributed by atoms with Crippen molar-refractivity contribution in [2.24, 2.45) is 5.73 Å². The van der Waals surface area contributed by atoms with Gasteiger partial charge in [0.1, 0.15) is 10.8 Å². The Kier molecular flexibility index (Phi) is 5.45. The molecular weight excluding hydrogens is 341 g/mol. The summed E-state index contributed by atoms with van der Waals surface area (Å²) >= 11 is 1.43. The molecule has 0 aliphatic heterocycles. The lowest BCUT2D eigenvalue weighted by molar-refractivity contribution is -0.115. The fraction of sp³-hybridized carbons (Fsp3) is 0.333. The molecule has 0 spiro atoms. The number of amides is 2. The number of halogens is 1. The van der Waals surface area contributed by atoms with E-state index in [0.29, 0.717) is 16.1 Å². The van der Waals surface area contributed by atoms with Crippen LogP contribution in [0.15, 0.2) is 24.3 Å². The van der Waals surface area contributed by atoms with E-state index in [1.54, 1.807) is 18.2 Å². The molecule has 132 valence electrons. The Bertz CT molecular complexity index is 804. The van der Waals surface area contributed by atoms with Gasteiger partial charge in [-0.25, -0.2) is 4.39 Å². The molecule has 0 atom stereocenters. The number of thiophene rings is 1. The monoisotopic (exact) mass is 361 g/mol. The topological polar surface area (TPSA) is 84.2 Å². The summed E-state index contributed by atoms with van der Waals surface area (Å²) in [7, 11) is 0. The van der Waals surface area contributed by atoms with Crippen molar-refractivity contribution in [3.05, 3.63) is 51.7 Å². The number of hydrogen-bond donors (Lipinski definition) is 3. The maximum atomic E-state index is 13.5. The first-order valence-corrected chi connectivity index (χ1v) is 9.06. The average Bonchev–Trinajstić information content (AvgIpc) is 2.94. The molecule has 4 N–H and O–H groups in total. The summed E-state index contributed by atoms with van der Waals surface area (Å²) in [4.78, 5) is 25.1. The van der Waals surface area contributed by atoms with Crippen LogP contribution in [0.2, 0.25) is 0 Å². The zero-order chi connectivity index (χ0) is 17.8. The van der Waals surface area contributed by atoms with E-state index in [-0.39, 0.29) is 24.8 Å². The van der Waals surface area contributed by atoms with Gasteiger partial charge in [-0.1, -0.05) is 18.2 Å². The summed E-state index contributed by atoms with van der Waals surface area (Å²) in [5, 5.41) is 6.21. The van der Waals surface area contributed by atoms with Crippen LogP contribution >= 0.6 is 11.3 Å². The highest BCUT2D eigenvalue weighted by molar-refractivity contribution is 7.17. The second-order valence-corrected chi connectivity index (χ2v) is 7.13. The highest BCUT2D eigenvalue weighted by Crippen LogP contribution is 2.37. The minimum atomic E-state index is -0.506. The summed E-state index contributed by atoms with van der Waals surface area (Å²) in [5.74, 6) is -1.09. The van der Waals surface area contributed by atoms with Gasteiger partial charge in [-0.15, -0.1) is 11.3 Å². The molecule has 0 saturated heterocycles. The molecule has 1 aliphatic rings. The Morgan fingerprint density at radius 3 is 2.72 bits per heavy atom. The Labute approximate surface area is 149 Å². The van der Waals surface area contributed by atoms with Crippen LogP contribution in [0.5, 0.6) is 0 Å². The lowest BCUT2D eigenvalue weighted by Crippen LogP contribution is -2.28. The smallest absolute Gasteiger partial charge is 0.251 e. The molecule has 1 aromatic heterocycles. The molecule has 5 nitrogen and oxygen atoms in total. The van der Waals surface area contributed by atoms with Gasteiger partial charge in [-0.2, -0.15) is 0 Å². The van der Waals surface area contributed by atoms with Gasteiger partial charge in [0.25, 0.3) is 5.91 Å². The standard InChI is InChI=1S/C18H20FN3O2S/c19-13-7-3-1-5-11(13)9-21-10-15(23)22-18-16(17(20)24)12-6-2-4-8-14(12)25-18/h1,3,5,7,21H,2,4,6,8-10H2,(H2,20,24)(H,22,23). The largest absolute Gasteiger partial charge is 0.365 e. The first-order valence-electron chi connectivity index (χ1n) is 8.24. The summed E-state index contributed by atoms with van der Waals surface area (Å²) < 4.78 is 13.5. The lowest BCUT2D eigenvalue weighted by atomic mass is 9.95. The third kappa shape index (κ3) is 4.05. The van der Waals surface area contributed by atoms with Crippen LogP contribution in [-0.2, 0) is 24.2 Å². The molecule has 25 heavy (non-hydrogen) atoms. The zero-order valence-electron chi connectivity index (χ0n) is 13.7. The highest BCUT2D eigenvalue weighted by Gasteiger charge is 2.24. The molecule has 0 fully saturated rings. The van der Waals surface area contributed by atoms with E-state index in [9.17, 15) is 14.0 Å². The average molecular weight is 361 g/mol. The molecular formula is C18H20FN3O2S. The highest BCUT2D eigenvalue weighted by atomic mass is 32.1. The van der Waals surface area contributed by atoms with Crippen molar-refractivity contribution in [1.29, 1.82) is 0 Å². The second-order valence-electron chi connectivity index (χ2n) is 6.02. The van der Waals surface area contributed by atoms with Gasteiger partial charge in [0, 0.05) is 17.0 Å². The van der Waals surface area contributed by atoms with Crippen LogP contribution < -0.4 is 16.4 Å². The van der Waals surface area contributed by atoms with E-state index in [1.165, 1.54) is 17.4 Å². The predicted octanol–water partition coefficient (Wildman–Crippen LogP) is 2.59. The number of carbonyl (C=O) groups excluding carboxylic acids is 2. The van der Waals surface area contributed by atoms with Crippen LogP contribution in [0.3, 0.4) is 0 Å². The number of nitrogens with one attached hydrogen (secondary N) is 2. The van der Waals surface area contributed by atoms with E-state index in [2.05, 4.69) is 10.6 Å². The molecule has 0 unspecified atom stereocenters. The van der Waals surface area contributed by atoms with Crippen molar-refractivity contribution in [2.75, 3.05) is 11.9 Å². The number of anilines is 1. The molecule has 7 heteroatoms. The Hall–Kier alpha value is -2.25. The SMILES string of the molecule is NC(=O)c1c(NC(=O)CNCc2ccccc2F)sc2c1CCCC2. The first kappa shape index (κ1) is 17.6. The zero-order valence-corrected chi connectivity index (χ0v) is 14.5. The summed E-state index contributed by atoms with van der Waals surface area (Å²) in [6.45, 7) is 0.277. The van der Waals surface area contributed by atoms with Crippen molar-refractivity contribution < 1.29 is 14.0 Å². The van der Waals surface area contributed by atoms with Gasteiger partial charge < -0.3 is 16.4 Å². The van der Waals surface area contributed by atoms with Crippen molar-refractivity contribution >= 4 is 28.2 Å². The minimum absolute atomic E-state index is 0.0229. The summed E-state index contributed by atoms with van der Waals surface area (Å²) in [6.07, 6.45) is 3.86. The second kappa shape index (κ2) is 7.76. The molecule has 2 aromatic rings. The maximum Gasteiger partial charge on any atom is 0.251 e. The molecule has 0 bridgehead atoms. The van der Waals surface area contributed by atoms with Crippen LogP contribution in [-0.4, -0.2) is 18.4 Å². The minimum Gasteiger partial charge on any atom is -0.365 e. The Morgan fingerprint density at radius 2 is 1.96 bits per heavy atom. The molecule has 1 heterocycles. The summed E-state index contributed by atoms with van der Waals surface area (Å²) in [6, 6.07) is 6.41. The Balaban J connectivity index is 1.62. The van der Waals surface area contributed by atoms with Gasteiger partial charge >= 0.3 is 0 Å². The van der Waals surface area contributed by atoms with Crippen molar-refractivity contribution in [3.8, 4) is 0 Å². The van der Waals surface area contributed by atoms with Crippen LogP contribution in [0, 0.1) is 5.82 Å². The number of carbonyl (C=O) groups is 2. The quantitative estimate of drug-likeness (QED) is 0.739. The number of nitrogens with two attached hydrogens (primary N) is 1. The van der Waals surface area contributed by atoms with Crippen LogP contribution in [0.1, 0.15) is 39.2 Å². The van der Waals surface area contributed by atoms with Crippen LogP contribution in [0.25, 0.3) is 0 Å². The van der Waals surface area contributed by atoms with Crippen molar-refractivity contribution in [2.45, 2.75) is 32.2 Å². The molecule has 1 aromatic carbocycles. The summed E-state index contributed by atoms with van der Waals surface area (Å²) in [5.41, 5.74) is 7.44. The van der Waals surface area contributed by atoms with Crippen molar-refractivity contribution in [1.82, 2.24) is 5.32 Å². The molecule has 0 radical (unpaired) electrons. The number of hydrogen-bond acceptors (Lipinski definition) is 4. The first-order chi connectivity index (χ1) is 12.1. The number of primary amides is 1. The Morgan fingerprint density at radius 1 is 1.20 bits per heavy atom. The van der Waals surface area contributed by atoms with Gasteiger partial charge in [0.2, 0.25) is 5.91 Å².